The summed E-state index contributed by atoms with van der Waals surface area (Å²) < 4.78 is 27.9. The van der Waals surface area contributed by atoms with Crippen molar-refractivity contribution in [2.45, 2.75) is 31.2 Å². The fourth-order valence-corrected chi connectivity index (χ4v) is 4.66. The lowest BCUT2D eigenvalue weighted by atomic mass is 9.81. The summed E-state index contributed by atoms with van der Waals surface area (Å²) in [5.41, 5.74) is -0.670. The molecule has 0 saturated carbocycles. The summed E-state index contributed by atoms with van der Waals surface area (Å²) >= 11 is 6.44. The molecule has 9 heteroatoms. The van der Waals surface area contributed by atoms with Crippen LogP contribution in [0.2, 0.25) is 5.02 Å². The predicted molar refractivity (Wildman–Crippen MR) is 126 cm³/mol. The number of benzene rings is 2. The molecule has 0 spiro atoms. The van der Waals surface area contributed by atoms with Crippen molar-refractivity contribution >= 4 is 34.4 Å². The average molecular weight is 489 g/mol. The van der Waals surface area contributed by atoms with Gasteiger partial charge in [-0.05, 0) is 43.7 Å². The maximum absolute atomic E-state index is 15.3. The highest BCUT2D eigenvalue weighted by Gasteiger charge is 2.42. The van der Waals surface area contributed by atoms with Gasteiger partial charge in [0.1, 0.15) is 17.3 Å². The molecule has 7 nitrogen and oxygen atoms in total. The van der Waals surface area contributed by atoms with Crippen molar-refractivity contribution in [2.75, 3.05) is 20.3 Å². The Morgan fingerprint density at radius 1 is 1.26 bits per heavy atom. The van der Waals surface area contributed by atoms with E-state index in [1.165, 1.54) is 33.1 Å². The number of rotatable bonds is 6. The Balaban J connectivity index is 1.72. The first-order valence-electron chi connectivity index (χ1n) is 10.8. The minimum absolute atomic E-state index is 0.0931. The van der Waals surface area contributed by atoms with Crippen molar-refractivity contribution in [2.24, 2.45) is 7.05 Å². The van der Waals surface area contributed by atoms with Gasteiger partial charge in [0.25, 0.3) is 5.91 Å². The second kappa shape index (κ2) is 8.60. The molecule has 4 rings (SSSR count). The van der Waals surface area contributed by atoms with Crippen molar-refractivity contribution in [3.63, 3.8) is 0 Å². The Kier molecular flexibility index (Phi) is 6.08. The maximum Gasteiger partial charge on any atom is 0.313 e. The number of carboxylic acids is 1. The molecule has 2 heterocycles. The molecular weight excluding hydrogens is 463 g/mol. The molecule has 0 radical (unpaired) electrons. The van der Waals surface area contributed by atoms with Gasteiger partial charge in [0.15, 0.2) is 0 Å². The number of aliphatic carboxylic acids is 1. The zero-order valence-electron chi connectivity index (χ0n) is 19.4. The number of fused-ring (bicyclic) bond motifs is 1. The second-order valence-corrected chi connectivity index (χ2v) is 9.44. The summed E-state index contributed by atoms with van der Waals surface area (Å²) in [5.74, 6) is -1.56. The van der Waals surface area contributed by atoms with Gasteiger partial charge >= 0.3 is 5.97 Å². The first-order valence-corrected chi connectivity index (χ1v) is 11.2. The Bertz CT molecular complexity index is 1290. The van der Waals surface area contributed by atoms with Crippen molar-refractivity contribution in [1.82, 2.24) is 9.88 Å². The third kappa shape index (κ3) is 3.80. The molecule has 1 aromatic heterocycles. The molecular formula is C25H26ClFN2O5. The summed E-state index contributed by atoms with van der Waals surface area (Å²) in [6.07, 6.45) is 0.371. The van der Waals surface area contributed by atoms with E-state index in [0.29, 0.717) is 40.4 Å². The molecule has 1 atom stereocenters. The number of halogens is 2. The van der Waals surface area contributed by atoms with Crippen LogP contribution in [-0.4, -0.2) is 41.9 Å². The van der Waals surface area contributed by atoms with Crippen molar-refractivity contribution in [1.29, 1.82) is 0 Å². The fraction of sp³-hybridized carbons (Fsp3) is 0.360. The number of amides is 1. The number of aryl methyl sites for hydroxylation is 1. The van der Waals surface area contributed by atoms with E-state index in [1.807, 2.05) is 6.07 Å². The molecule has 1 aliphatic heterocycles. The lowest BCUT2D eigenvalue weighted by molar-refractivity contribution is -0.142. The highest BCUT2D eigenvalue weighted by atomic mass is 35.5. The molecule has 1 amide bonds. The molecule has 0 bridgehead atoms. The van der Waals surface area contributed by atoms with Crippen LogP contribution in [0.5, 0.6) is 5.75 Å². The molecule has 180 valence electrons. The largest absolute Gasteiger partial charge is 0.495 e. The van der Waals surface area contributed by atoms with Crippen LogP contribution in [0.1, 0.15) is 41.9 Å². The standard InChI is InChI=1S/C25H26ClFN2O5/c1-24(2,23(31)32)14-5-6-16(17(27)11-14)25(9-10-34-13-25)28-22(30)19-12-15-18(29(19)3)7-8-20(33-4)21(15)26/h5-8,11-12H,9-10,13H2,1-4H3,(H,28,30)(H,31,32). The van der Waals surface area contributed by atoms with Crippen LogP contribution in [0.25, 0.3) is 10.9 Å². The SMILES string of the molecule is COc1ccc2c(cc(C(=O)NC3(c4ccc(C(C)(C)C(=O)O)cc4F)CCOC3)n2C)c1Cl. The van der Waals surface area contributed by atoms with E-state index in [-0.39, 0.29) is 12.2 Å². The molecule has 2 N–H and O–H groups in total. The predicted octanol–water partition coefficient (Wildman–Crippen LogP) is 4.39. The van der Waals surface area contributed by atoms with E-state index in [9.17, 15) is 14.7 Å². The Hall–Kier alpha value is -3.10. The van der Waals surface area contributed by atoms with E-state index >= 15 is 4.39 Å². The van der Waals surface area contributed by atoms with Gasteiger partial charge in [0, 0.05) is 31.0 Å². The second-order valence-electron chi connectivity index (χ2n) is 9.07. The van der Waals surface area contributed by atoms with E-state index < -0.39 is 28.6 Å². The number of aromatic nitrogens is 1. The van der Waals surface area contributed by atoms with Gasteiger partial charge in [0.2, 0.25) is 0 Å². The highest BCUT2D eigenvalue weighted by Crippen LogP contribution is 2.37. The van der Waals surface area contributed by atoms with E-state index in [2.05, 4.69) is 5.32 Å². The molecule has 3 aromatic rings. The fourth-order valence-electron chi connectivity index (χ4n) is 4.37. The summed E-state index contributed by atoms with van der Waals surface area (Å²) in [5, 5.41) is 13.5. The van der Waals surface area contributed by atoms with Gasteiger partial charge in [-0.1, -0.05) is 23.7 Å². The number of methoxy groups -OCH3 is 1. The molecule has 2 aromatic carbocycles. The highest BCUT2D eigenvalue weighted by molar-refractivity contribution is 6.37. The number of carbonyl (C=O) groups is 2. The topological polar surface area (TPSA) is 89.8 Å². The van der Waals surface area contributed by atoms with Crippen LogP contribution in [0.3, 0.4) is 0 Å². The Morgan fingerprint density at radius 3 is 2.59 bits per heavy atom. The van der Waals surface area contributed by atoms with Crippen LogP contribution < -0.4 is 10.1 Å². The number of nitrogens with zero attached hydrogens (tertiary/aromatic N) is 1. The summed E-state index contributed by atoms with van der Waals surface area (Å²) in [4.78, 5) is 25.0. The van der Waals surface area contributed by atoms with Crippen molar-refractivity contribution in [3.05, 3.63) is 64.1 Å². The third-order valence-corrected chi connectivity index (χ3v) is 7.08. The summed E-state index contributed by atoms with van der Waals surface area (Å²) in [6, 6.07) is 9.56. The zero-order chi connectivity index (χ0) is 24.8. The van der Waals surface area contributed by atoms with Crippen LogP contribution in [-0.2, 0) is 27.5 Å². The van der Waals surface area contributed by atoms with Gasteiger partial charge in [0.05, 0.1) is 35.2 Å². The molecule has 1 saturated heterocycles. The number of carbonyl (C=O) groups excluding carboxylic acids is 1. The summed E-state index contributed by atoms with van der Waals surface area (Å²) in [6.45, 7) is 3.47. The van der Waals surface area contributed by atoms with Crippen molar-refractivity contribution in [3.8, 4) is 5.75 Å². The monoisotopic (exact) mass is 488 g/mol. The zero-order valence-corrected chi connectivity index (χ0v) is 20.1. The van der Waals surface area contributed by atoms with E-state index in [1.54, 1.807) is 29.8 Å². The third-order valence-electron chi connectivity index (χ3n) is 6.69. The molecule has 1 fully saturated rings. The summed E-state index contributed by atoms with van der Waals surface area (Å²) in [7, 11) is 3.27. The molecule has 34 heavy (non-hydrogen) atoms. The Morgan fingerprint density at radius 2 is 2.00 bits per heavy atom. The smallest absolute Gasteiger partial charge is 0.313 e. The van der Waals surface area contributed by atoms with Crippen LogP contribution in [0, 0.1) is 5.82 Å². The number of hydrogen-bond acceptors (Lipinski definition) is 4. The van der Waals surface area contributed by atoms with Crippen LogP contribution >= 0.6 is 11.6 Å². The van der Waals surface area contributed by atoms with E-state index in [0.717, 1.165) is 5.52 Å². The molecule has 0 aliphatic carbocycles. The average Bonchev–Trinajstić information content (AvgIpc) is 3.39. The number of nitrogens with one attached hydrogen (secondary N) is 1. The normalized spacial score (nSPS) is 18.3. The quantitative estimate of drug-likeness (QED) is 0.537. The van der Waals surface area contributed by atoms with Gasteiger partial charge in [-0.25, -0.2) is 4.39 Å². The van der Waals surface area contributed by atoms with Gasteiger partial charge in [-0.3, -0.25) is 9.59 Å². The van der Waals surface area contributed by atoms with Crippen LogP contribution in [0.15, 0.2) is 36.4 Å². The van der Waals surface area contributed by atoms with Crippen LogP contribution in [0.4, 0.5) is 4.39 Å². The van der Waals surface area contributed by atoms with Gasteiger partial charge < -0.3 is 24.5 Å². The first kappa shape index (κ1) is 24.0. The molecule has 1 unspecified atom stereocenters. The lowest BCUT2D eigenvalue weighted by Gasteiger charge is -2.31. The number of hydrogen-bond donors (Lipinski definition) is 2. The lowest BCUT2D eigenvalue weighted by Crippen LogP contribution is -2.47. The first-order chi connectivity index (χ1) is 16.0. The number of ether oxygens (including phenoxy) is 2. The van der Waals surface area contributed by atoms with Crippen molar-refractivity contribution < 1.29 is 28.6 Å². The minimum Gasteiger partial charge on any atom is -0.495 e. The van der Waals surface area contributed by atoms with E-state index in [4.69, 9.17) is 21.1 Å². The Labute approximate surface area is 201 Å². The minimum atomic E-state index is -1.26. The van der Waals surface area contributed by atoms with Gasteiger partial charge in [-0.2, -0.15) is 0 Å². The number of carboxylic acid groups (broad SMARTS) is 1. The van der Waals surface area contributed by atoms with Gasteiger partial charge in [-0.15, -0.1) is 0 Å². The molecule has 1 aliphatic rings. The maximum atomic E-state index is 15.3.